The molecule has 1 amide bonds. The number of hydrogen-bond donors (Lipinski definition) is 2. The van der Waals surface area contributed by atoms with E-state index in [2.05, 4.69) is 5.32 Å². The summed E-state index contributed by atoms with van der Waals surface area (Å²) in [5.41, 5.74) is -2.92. The third-order valence-corrected chi connectivity index (χ3v) is 3.75. The first-order valence-corrected chi connectivity index (χ1v) is 7.78. The van der Waals surface area contributed by atoms with Gasteiger partial charge in [0.15, 0.2) is 0 Å². The predicted molar refractivity (Wildman–Crippen MR) is 93.8 cm³/mol. The Bertz CT molecular complexity index is 948. The van der Waals surface area contributed by atoms with E-state index in [1.165, 1.54) is 0 Å². The van der Waals surface area contributed by atoms with Crippen LogP contribution >= 0.6 is 0 Å². The Labute approximate surface area is 156 Å². The van der Waals surface area contributed by atoms with Crippen LogP contribution < -0.4 is 10.7 Å². The molecular formula is C16H14N4O8. The van der Waals surface area contributed by atoms with Crippen molar-refractivity contribution in [2.75, 3.05) is 6.54 Å². The Morgan fingerprint density at radius 3 is 2.07 bits per heavy atom. The Kier molecular flexibility index (Phi) is 6.16. The monoisotopic (exact) mass is 390 g/mol. The topological polar surface area (TPSA) is 175 Å². The minimum Gasteiger partial charge on any atom is -0.480 e. The maximum Gasteiger partial charge on any atom is 0.339 e. The van der Waals surface area contributed by atoms with E-state index in [-0.39, 0.29) is 6.42 Å². The van der Waals surface area contributed by atoms with Crippen molar-refractivity contribution in [3.8, 4) is 0 Å². The van der Waals surface area contributed by atoms with Crippen LogP contribution in [0.4, 0.5) is 11.4 Å². The van der Waals surface area contributed by atoms with Crippen molar-refractivity contribution in [3.63, 3.8) is 0 Å². The summed E-state index contributed by atoms with van der Waals surface area (Å²) in [5, 5.41) is 33.1. The fraction of sp³-hybridized carbons (Fsp3) is 0.188. The lowest BCUT2D eigenvalue weighted by Crippen LogP contribution is -2.37. The van der Waals surface area contributed by atoms with Gasteiger partial charge in [0.05, 0.1) is 22.2 Å². The molecule has 0 saturated carbocycles. The zero-order chi connectivity index (χ0) is 20.8. The van der Waals surface area contributed by atoms with E-state index < -0.39 is 51.1 Å². The summed E-state index contributed by atoms with van der Waals surface area (Å²) in [5.74, 6) is -2.15. The molecule has 2 N–H and O–H groups in total. The number of carboxylic acids is 1. The van der Waals surface area contributed by atoms with Crippen LogP contribution in [0.1, 0.15) is 11.6 Å². The first-order chi connectivity index (χ1) is 13.2. The minimum atomic E-state index is -1.39. The summed E-state index contributed by atoms with van der Waals surface area (Å²) in [7, 11) is 0. The van der Waals surface area contributed by atoms with Crippen molar-refractivity contribution in [3.05, 3.63) is 78.7 Å². The molecule has 146 valence electrons. The summed E-state index contributed by atoms with van der Waals surface area (Å²) in [6.07, 6.45) is 1.40. The zero-order valence-electron chi connectivity index (χ0n) is 14.2. The molecule has 0 saturated heterocycles. The summed E-state index contributed by atoms with van der Waals surface area (Å²) in [6.45, 7) is -0.714. The number of amides is 1. The molecule has 1 aromatic heterocycles. The van der Waals surface area contributed by atoms with E-state index >= 15 is 0 Å². The van der Waals surface area contributed by atoms with Gasteiger partial charge in [0.1, 0.15) is 12.6 Å². The van der Waals surface area contributed by atoms with E-state index in [4.69, 9.17) is 5.11 Å². The average Bonchev–Trinajstić information content (AvgIpc) is 2.64. The van der Waals surface area contributed by atoms with Gasteiger partial charge in [0.2, 0.25) is 5.91 Å². The molecule has 0 bridgehead atoms. The number of benzene rings is 1. The lowest BCUT2D eigenvalue weighted by atomic mass is 10.0. The molecule has 0 aliphatic heterocycles. The van der Waals surface area contributed by atoms with Crippen LogP contribution in [-0.4, -0.2) is 37.9 Å². The van der Waals surface area contributed by atoms with Crippen LogP contribution in [-0.2, 0) is 16.0 Å². The number of aromatic nitrogens is 1. The number of hydrogen-bond acceptors (Lipinski definition) is 7. The van der Waals surface area contributed by atoms with Crippen molar-refractivity contribution in [1.29, 1.82) is 0 Å². The number of carbonyl (C=O) groups is 2. The van der Waals surface area contributed by atoms with Crippen molar-refractivity contribution in [2.45, 2.75) is 12.5 Å². The van der Waals surface area contributed by atoms with Gasteiger partial charge >= 0.3 is 22.8 Å². The molecule has 12 heteroatoms. The van der Waals surface area contributed by atoms with Crippen LogP contribution in [0.5, 0.6) is 0 Å². The highest BCUT2D eigenvalue weighted by Crippen LogP contribution is 2.20. The first kappa shape index (κ1) is 20.2. The van der Waals surface area contributed by atoms with Crippen molar-refractivity contribution < 1.29 is 24.5 Å². The van der Waals surface area contributed by atoms with Gasteiger partial charge in [-0.1, -0.05) is 30.3 Å². The Morgan fingerprint density at radius 1 is 1.07 bits per heavy atom. The molecule has 0 unspecified atom stereocenters. The number of pyridine rings is 1. The Balaban J connectivity index is 2.56. The maximum atomic E-state index is 12.5. The van der Waals surface area contributed by atoms with Gasteiger partial charge < -0.3 is 15.0 Å². The maximum absolute atomic E-state index is 12.5. The van der Waals surface area contributed by atoms with Crippen molar-refractivity contribution in [1.82, 2.24) is 9.88 Å². The van der Waals surface area contributed by atoms with Crippen molar-refractivity contribution in [2.24, 2.45) is 0 Å². The molecule has 2 rings (SSSR count). The van der Waals surface area contributed by atoms with Gasteiger partial charge in [-0.05, 0) is 5.56 Å². The van der Waals surface area contributed by atoms with Crippen LogP contribution in [0.3, 0.4) is 0 Å². The number of nitrogens with one attached hydrogen (secondary N) is 1. The third-order valence-electron chi connectivity index (χ3n) is 3.75. The van der Waals surface area contributed by atoms with Crippen molar-refractivity contribution >= 4 is 23.3 Å². The largest absolute Gasteiger partial charge is 0.480 e. The van der Waals surface area contributed by atoms with Gasteiger partial charge in [-0.25, -0.2) is 0 Å². The molecule has 12 nitrogen and oxygen atoms in total. The predicted octanol–water partition coefficient (Wildman–Crippen LogP) is 0.649. The minimum absolute atomic E-state index is 0.0521. The van der Waals surface area contributed by atoms with E-state index in [0.29, 0.717) is 5.56 Å². The lowest BCUT2D eigenvalue weighted by molar-refractivity contribution is -0.397. The standard InChI is InChI=1S/C16H14N4O8/c21-14(22)7-17-16(24)11(6-10-4-2-1-3-5-10)18-8-12(19(25)26)15(23)13(9-18)20(27)28/h1-5,8-9,11H,6-7H2,(H,17,24)(H,21,22)/t11-/m1/s1. The number of carboxylic acid groups (broad SMARTS) is 1. The van der Waals surface area contributed by atoms with Gasteiger partial charge in [-0.15, -0.1) is 0 Å². The van der Waals surface area contributed by atoms with Crippen LogP contribution in [0.15, 0.2) is 47.5 Å². The highest BCUT2D eigenvalue weighted by Gasteiger charge is 2.29. The smallest absolute Gasteiger partial charge is 0.339 e. The van der Waals surface area contributed by atoms with Crippen LogP contribution in [0.25, 0.3) is 0 Å². The highest BCUT2D eigenvalue weighted by molar-refractivity contribution is 5.84. The second kappa shape index (κ2) is 8.53. The number of carbonyl (C=O) groups excluding carboxylic acids is 1. The second-order valence-corrected chi connectivity index (χ2v) is 5.64. The van der Waals surface area contributed by atoms with Crippen LogP contribution in [0.2, 0.25) is 0 Å². The molecule has 0 aliphatic rings. The second-order valence-electron chi connectivity index (χ2n) is 5.64. The fourth-order valence-electron chi connectivity index (χ4n) is 2.46. The first-order valence-electron chi connectivity index (χ1n) is 7.78. The molecule has 1 aromatic carbocycles. The summed E-state index contributed by atoms with van der Waals surface area (Å²) >= 11 is 0. The summed E-state index contributed by atoms with van der Waals surface area (Å²) in [6, 6.07) is 7.12. The average molecular weight is 390 g/mol. The Hall–Kier alpha value is -4.09. The summed E-state index contributed by atoms with van der Waals surface area (Å²) < 4.78 is 0.877. The molecule has 0 spiro atoms. The molecule has 0 aliphatic carbocycles. The lowest BCUT2D eigenvalue weighted by Gasteiger charge is -2.19. The number of rotatable bonds is 8. The number of nitro groups is 2. The SMILES string of the molecule is O=C(O)CNC(=O)[C@@H](Cc1ccccc1)n1cc([N+](=O)[O-])c(=O)c([N+](=O)[O-])c1. The molecule has 0 fully saturated rings. The fourth-order valence-corrected chi connectivity index (χ4v) is 2.46. The van der Waals surface area contributed by atoms with E-state index in [0.717, 1.165) is 17.0 Å². The van der Waals surface area contributed by atoms with Crippen LogP contribution in [0, 0.1) is 20.2 Å². The molecule has 2 aromatic rings. The van der Waals surface area contributed by atoms with Gasteiger partial charge in [-0.2, -0.15) is 0 Å². The van der Waals surface area contributed by atoms with Gasteiger partial charge in [0.25, 0.3) is 0 Å². The molecule has 1 heterocycles. The van der Waals surface area contributed by atoms with E-state index in [9.17, 15) is 34.6 Å². The normalized spacial score (nSPS) is 11.4. The molecule has 28 heavy (non-hydrogen) atoms. The number of nitrogens with zero attached hydrogens (tertiary/aromatic N) is 3. The summed E-state index contributed by atoms with van der Waals surface area (Å²) in [4.78, 5) is 55.1. The Morgan fingerprint density at radius 2 is 1.61 bits per heavy atom. The third kappa shape index (κ3) is 4.75. The van der Waals surface area contributed by atoms with Gasteiger partial charge in [0, 0.05) is 6.42 Å². The van der Waals surface area contributed by atoms with E-state index in [1.54, 1.807) is 30.3 Å². The van der Waals surface area contributed by atoms with Gasteiger partial charge in [-0.3, -0.25) is 34.6 Å². The molecular weight excluding hydrogens is 376 g/mol. The molecule has 1 atom stereocenters. The number of aliphatic carboxylic acids is 1. The zero-order valence-corrected chi connectivity index (χ0v) is 14.2. The molecule has 0 radical (unpaired) electrons. The van der Waals surface area contributed by atoms with E-state index in [1.807, 2.05) is 0 Å². The highest BCUT2D eigenvalue weighted by atomic mass is 16.6. The quantitative estimate of drug-likeness (QED) is 0.488.